The molecule has 102 valence electrons. The molecule has 1 aromatic heterocycles. The lowest BCUT2D eigenvalue weighted by molar-refractivity contribution is -0.267. The Balaban J connectivity index is 3.02. The number of hydrogen-bond acceptors (Lipinski definition) is 2. The highest BCUT2D eigenvalue weighted by Crippen LogP contribution is 2.36. The highest BCUT2D eigenvalue weighted by atomic mass is 19.4. The quantitative estimate of drug-likeness (QED) is 0.838. The summed E-state index contributed by atoms with van der Waals surface area (Å²) in [6.45, 7) is 2.82. The summed E-state index contributed by atoms with van der Waals surface area (Å²) in [4.78, 5) is 11.0. The molecule has 0 aliphatic heterocycles. The first kappa shape index (κ1) is 14.4. The number of aromatic nitrogens is 2. The molecule has 18 heavy (non-hydrogen) atoms. The number of nitrogens with zero attached hydrogens (tertiary/aromatic N) is 2. The molecule has 0 aromatic carbocycles. The average Bonchev–Trinajstić information content (AvgIpc) is 2.43. The largest absolute Gasteiger partial charge is 0.463 e. The molecule has 9 heteroatoms. The summed E-state index contributed by atoms with van der Waals surface area (Å²) in [5.41, 5.74) is 0.284. The van der Waals surface area contributed by atoms with Gasteiger partial charge in [-0.25, -0.2) is 0 Å². The summed E-state index contributed by atoms with van der Waals surface area (Å²) in [6, 6.07) is 0. The number of aryl methyl sites for hydroxylation is 2. The molecule has 0 spiro atoms. The van der Waals surface area contributed by atoms with Gasteiger partial charge in [-0.1, -0.05) is 0 Å². The van der Waals surface area contributed by atoms with E-state index in [1.165, 1.54) is 25.6 Å². The van der Waals surface area contributed by atoms with Crippen LogP contribution < -0.4 is 5.32 Å². The fourth-order valence-electron chi connectivity index (χ4n) is 1.28. The SMILES string of the molecule is Cc1nn(C)c(C)c1NC(=O)C(F)(F)C(F)(F)F. The van der Waals surface area contributed by atoms with Gasteiger partial charge in [-0.15, -0.1) is 0 Å². The van der Waals surface area contributed by atoms with Crippen LogP contribution >= 0.6 is 0 Å². The minimum absolute atomic E-state index is 0.147. The zero-order chi connectivity index (χ0) is 14.3. The third-order valence-electron chi connectivity index (χ3n) is 2.39. The number of carbonyl (C=O) groups is 1. The maximum Gasteiger partial charge on any atom is 0.463 e. The van der Waals surface area contributed by atoms with Crippen molar-refractivity contribution in [1.82, 2.24) is 9.78 Å². The summed E-state index contributed by atoms with van der Waals surface area (Å²) in [5.74, 6) is -7.86. The highest BCUT2D eigenvalue weighted by molar-refractivity contribution is 5.97. The van der Waals surface area contributed by atoms with Gasteiger partial charge in [0, 0.05) is 7.05 Å². The third kappa shape index (κ3) is 2.29. The van der Waals surface area contributed by atoms with Crippen LogP contribution in [0.4, 0.5) is 27.6 Å². The van der Waals surface area contributed by atoms with Gasteiger partial charge in [0.2, 0.25) is 0 Å². The summed E-state index contributed by atoms with van der Waals surface area (Å²) in [7, 11) is 1.47. The maximum atomic E-state index is 12.7. The fourth-order valence-corrected chi connectivity index (χ4v) is 1.28. The molecule has 0 radical (unpaired) electrons. The van der Waals surface area contributed by atoms with Crippen LogP contribution in [0.5, 0.6) is 0 Å². The topological polar surface area (TPSA) is 46.9 Å². The van der Waals surface area contributed by atoms with Gasteiger partial charge in [-0.2, -0.15) is 27.1 Å². The van der Waals surface area contributed by atoms with Crippen molar-refractivity contribution in [3.63, 3.8) is 0 Å². The summed E-state index contributed by atoms with van der Waals surface area (Å²) in [5, 5.41) is 5.34. The van der Waals surface area contributed by atoms with Crippen LogP contribution in [0.15, 0.2) is 0 Å². The minimum Gasteiger partial charge on any atom is -0.317 e. The molecule has 0 atom stereocenters. The molecule has 0 aliphatic rings. The highest BCUT2D eigenvalue weighted by Gasteiger charge is 2.63. The molecule has 1 N–H and O–H groups in total. The predicted molar refractivity (Wildman–Crippen MR) is 52.3 cm³/mol. The van der Waals surface area contributed by atoms with E-state index < -0.39 is 18.0 Å². The molecule has 0 fully saturated rings. The van der Waals surface area contributed by atoms with Crippen molar-refractivity contribution in [2.45, 2.75) is 25.9 Å². The van der Waals surface area contributed by atoms with E-state index in [9.17, 15) is 26.7 Å². The lowest BCUT2D eigenvalue weighted by Gasteiger charge is -2.18. The second-order valence-electron chi connectivity index (χ2n) is 3.70. The van der Waals surface area contributed by atoms with E-state index in [0.717, 1.165) is 0 Å². The van der Waals surface area contributed by atoms with Gasteiger partial charge in [0.15, 0.2) is 0 Å². The van der Waals surface area contributed by atoms with Crippen LogP contribution in [0.3, 0.4) is 0 Å². The number of amides is 1. The van der Waals surface area contributed by atoms with Crippen LogP contribution in [0.25, 0.3) is 0 Å². The van der Waals surface area contributed by atoms with Gasteiger partial charge in [0.25, 0.3) is 0 Å². The van der Waals surface area contributed by atoms with E-state index in [2.05, 4.69) is 5.10 Å². The number of hydrogen-bond donors (Lipinski definition) is 1. The molecule has 0 saturated carbocycles. The molecule has 4 nitrogen and oxygen atoms in total. The Morgan fingerprint density at radius 2 is 1.72 bits per heavy atom. The van der Waals surface area contributed by atoms with Gasteiger partial charge in [-0.3, -0.25) is 9.48 Å². The normalized spacial score (nSPS) is 12.7. The molecule has 1 amide bonds. The standard InChI is InChI=1S/C9H10F5N3O/c1-4-6(5(2)17(3)16-4)15-7(18)8(10,11)9(12,13)14/h1-3H3,(H,15,18). The Bertz CT molecular complexity index is 477. The molecular formula is C9H10F5N3O. The lowest BCUT2D eigenvalue weighted by atomic mass is 10.2. The van der Waals surface area contributed by atoms with Gasteiger partial charge in [0.1, 0.15) is 0 Å². The lowest BCUT2D eigenvalue weighted by Crippen LogP contribution is -2.47. The van der Waals surface area contributed by atoms with E-state index >= 15 is 0 Å². The number of nitrogens with one attached hydrogen (secondary N) is 1. The summed E-state index contributed by atoms with van der Waals surface area (Å²) < 4.78 is 62.6. The van der Waals surface area contributed by atoms with E-state index in [0.29, 0.717) is 0 Å². The van der Waals surface area contributed by atoms with Crippen molar-refractivity contribution in [2.75, 3.05) is 5.32 Å². The fraction of sp³-hybridized carbons (Fsp3) is 0.556. The Kier molecular flexibility index (Phi) is 3.37. The number of alkyl halides is 5. The smallest absolute Gasteiger partial charge is 0.317 e. The first-order valence-corrected chi connectivity index (χ1v) is 4.74. The van der Waals surface area contributed by atoms with E-state index in [4.69, 9.17) is 0 Å². The van der Waals surface area contributed by atoms with Gasteiger partial charge >= 0.3 is 18.0 Å². The Hall–Kier alpha value is -1.67. The molecule has 0 saturated heterocycles. The van der Waals surface area contributed by atoms with Crippen molar-refractivity contribution in [1.29, 1.82) is 0 Å². The first-order chi connectivity index (χ1) is 7.98. The predicted octanol–water partition coefficient (Wildman–Crippen LogP) is 2.17. The molecule has 0 bridgehead atoms. The van der Waals surface area contributed by atoms with Crippen LogP contribution in [0.1, 0.15) is 11.4 Å². The van der Waals surface area contributed by atoms with E-state index in [1.807, 2.05) is 0 Å². The van der Waals surface area contributed by atoms with Crippen molar-refractivity contribution in [3.05, 3.63) is 11.4 Å². The summed E-state index contributed by atoms with van der Waals surface area (Å²) >= 11 is 0. The maximum absolute atomic E-state index is 12.7. The van der Waals surface area contributed by atoms with Gasteiger partial charge in [0.05, 0.1) is 17.1 Å². The van der Waals surface area contributed by atoms with Crippen LogP contribution in [-0.2, 0) is 11.8 Å². The number of rotatable bonds is 2. The van der Waals surface area contributed by atoms with E-state index in [1.54, 1.807) is 5.32 Å². The molecule has 1 rings (SSSR count). The molecule has 0 aliphatic carbocycles. The number of halogens is 5. The molecular weight excluding hydrogens is 261 g/mol. The van der Waals surface area contributed by atoms with Crippen molar-refractivity contribution in [2.24, 2.45) is 7.05 Å². The van der Waals surface area contributed by atoms with Gasteiger partial charge in [-0.05, 0) is 13.8 Å². The average molecular weight is 271 g/mol. The van der Waals surface area contributed by atoms with Crippen molar-refractivity contribution < 1.29 is 26.7 Å². The number of anilines is 1. The van der Waals surface area contributed by atoms with Crippen molar-refractivity contribution >= 4 is 11.6 Å². The molecule has 0 unspecified atom stereocenters. The van der Waals surface area contributed by atoms with Crippen molar-refractivity contribution in [3.8, 4) is 0 Å². The van der Waals surface area contributed by atoms with Crippen LogP contribution in [-0.4, -0.2) is 27.8 Å². The Morgan fingerprint density at radius 1 is 1.22 bits per heavy atom. The first-order valence-electron chi connectivity index (χ1n) is 4.74. The van der Waals surface area contributed by atoms with Crippen LogP contribution in [0.2, 0.25) is 0 Å². The summed E-state index contributed by atoms with van der Waals surface area (Å²) in [6.07, 6.45) is -5.93. The minimum atomic E-state index is -5.93. The number of carbonyl (C=O) groups excluding carboxylic acids is 1. The second-order valence-corrected chi connectivity index (χ2v) is 3.70. The zero-order valence-electron chi connectivity index (χ0n) is 9.69. The monoisotopic (exact) mass is 271 g/mol. The van der Waals surface area contributed by atoms with Crippen LogP contribution in [0, 0.1) is 13.8 Å². The molecule has 1 aromatic rings. The van der Waals surface area contributed by atoms with Gasteiger partial charge < -0.3 is 5.32 Å². The second kappa shape index (κ2) is 4.21. The van der Waals surface area contributed by atoms with E-state index in [-0.39, 0.29) is 17.1 Å². The third-order valence-corrected chi connectivity index (χ3v) is 2.39. The zero-order valence-corrected chi connectivity index (χ0v) is 9.69. The Labute approximate surface area is 98.8 Å². The Morgan fingerprint density at radius 3 is 2.06 bits per heavy atom. The molecule has 1 heterocycles.